The van der Waals surface area contributed by atoms with Gasteiger partial charge in [-0.1, -0.05) is 26.0 Å². The van der Waals surface area contributed by atoms with Crippen LogP contribution in [0.2, 0.25) is 0 Å². The fourth-order valence-electron chi connectivity index (χ4n) is 2.23. The average Bonchev–Trinajstić information content (AvgIpc) is 2.29. The second-order valence-electron chi connectivity index (χ2n) is 7.20. The third-order valence-corrected chi connectivity index (χ3v) is 3.39. The van der Waals surface area contributed by atoms with Crippen LogP contribution in [0.4, 0.5) is 4.39 Å². The molecule has 0 unspecified atom stereocenters. The summed E-state index contributed by atoms with van der Waals surface area (Å²) in [6.07, 6.45) is 1.71. The SMILES string of the molecule is COc1cccc(CC(C)(C)CCNC(C)(C)C)c1F. The fraction of sp³-hybridized carbons (Fsp3) is 0.647. The largest absolute Gasteiger partial charge is 0.494 e. The van der Waals surface area contributed by atoms with Crippen LogP contribution in [-0.2, 0) is 6.42 Å². The van der Waals surface area contributed by atoms with Gasteiger partial charge in [-0.2, -0.15) is 0 Å². The highest BCUT2D eigenvalue weighted by Crippen LogP contribution is 2.29. The molecule has 0 spiro atoms. The smallest absolute Gasteiger partial charge is 0.168 e. The Morgan fingerprint density at radius 3 is 2.35 bits per heavy atom. The molecule has 3 heteroatoms. The van der Waals surface area contributed by atoms with E-state index in [2.05, 4.69) is 39.9 Å². The van der Waals surface area contributed by atoms with E-state index < -0.39 is 0 Å². The van der Waals surface area contributed by atoms with Crippen LogP contribution in [0.15, 0.2) is 18.2 Å². The molecule has 0 fully saturated rings. The number of benzene rings is 1. The fourth-order valence-corrected chi connectivity index (χ4v) is 2.23. The van der Waals surface area contributed by atoms with Crippen LogP contribution < -0.4 is 10.1 Å². The number of ether oxygens (including phenoxy) is 1. The molecule has 20 heavy (non-hydrogen) atoms. The molecule has 0 aliphatic heterocycles. The Labute approximate surface area is 122 Å². The van der Waals surface area contributed by atoms with Crippen LogP contribution in [0.3, 0.4) is 0 Å². The van der Waals surface area contributed by atoms with Crippen molar-refractivity contribution in [2.45, 2.75) is 53.0 Å². The summed E-state index contributed by atoms with van der Waals surface area (Å²) in [7, 11) is 1.50. The summed E-state index contributed by atoms with van der Waals surface area (Å²) in [6, 6.07) is 5.35. The monoisotopic (exact) mass is 281 g/mol. The molecular formula is C17H28FNO. The second-order valence-corrected chi connectivity index (χ2v) is 7.20. The van der Waals surface area contributed by atoms with Crippen LogP contribution in [0.5, 0.6) is 5.75 Å². The van der Waals surface area contributed by atoms with E-state index in [-0.39, 0.29) is 16.8 Å². The van der Waals surface area contributed by atoms with E-state index in [1.54, 1.807) is 6.07 Å². The maximum absolute atomic E-state index is 14.2. The highest BCUT2D eigenvalue weighted by atomic mass is 19.1. The number of rotatable bonds is 6. The number of nitrogens with one attached hydrogen (secondary N) is 1. The van der Waals surface area contributed by atoms with Gasteiger partial charge < -0.3 is 10.1 Å². The van der Waals surface area contributed by atoms with E-state index in [1.807, 2.05) is 12.1 Å². The Balaban J connectivity index is 2.66. The molecule has 0 saturated heterocycles. The molecule has 0 heterocycles. The first-order valence-corrected chi connectivity index (χ1v) is 7.21. The van der Waals surface area contributed by atoms with Gasteiger partial charge in [0.25, 0.3) is 0 Å². The Kier molecular flexibility index (Phi) is 5.58. The lowest BCUT2D eigenvalue weighted by Gasteiger charge is -2.28. The summed E-state index contributed by atoms with van der Waals surface area (Å²) in [6.45, 7) is 11.7. The molecule has 1 rings (SSSR count). The number of hydrogen-bond acceptors (Lipinski definition) is 2. The maximum atomic E-state index is 14.2. The van der Waals surface area contributed by atoms with Crippen LogP contribution in [0.25, 0.3) is 0 Å². The Bertz CT molecular complexity index is 435. The lowest BCUT2D eigenvalue weighted by atomic mass is 9.82. The van der Waals surface area contributed by atoms with E-state index >= 15 is 0 Å². The van der Waals surface area contributed by atoms with Crippen LogP contribution >= 0.6 is 0 Å². The zero-order valence-electron chi connectivity index (χ0n) is 13.6. The van der Waals surface area contributed by atoms with Gasteiger partial charge in [0.2, 0.25) is 0 Å². The van der Waals surface area contributed by atoms with Crippen molar-refractivity contribution in [2.24, 2.45) is 5.41 Å². The molecular weight excluding hydrogens is 253 g/mol. The first-order chi connectivity index (χ1) is 9.14. The van der Waals surface area contributed by atoms with Crippen molar-refractivity contribution in [1.82, 2.24) is 5.32 Å². The predicted octanol–water partition coefficient (Wildman–Crippen LogP) is 4.18. The van der Waals surface area contributed by atoms with Crippen molar-refractivity contribution in [3.05, 3.63) is 29.6 Å². The lowest BCUT2D eigenvalue weighted by molar-refractivity contribution is 0.297. The molecule has 2 nitrogen and oxygen atoms in total. The van der Waals surface area contributed by atoms with Gasteiger partial charge in [-0.05, 0) is 57.2 Å². The van der Waals surface area contributed by atoms with Gasteiger partial charge in [0, 0.05) is 5.54 Å². The number of methoxy groups -OCH3 is 1. The van der Waals surface area contributed by atoms with Gasteiger partial charge in [0.15, 0.2) is 11.6 Å². The average molecular weight is 281 g/mol. The van der Waals surface area contributed by atoms with Crippen molar-refractivity contribution in [3.63, 3.8) is 0 Å². The molecule has 0 amide bonds. The van der Waals surface area contributed by atoms with E-state index in [0.717, 1.165) is 18.5 Å². The zero-order chi connectivity index (χ0) is 15.4. The molecule has 0 aliphatic rings. The zero-order valence-corrected chi connectivity index (χ0v) is 13.6. The number of hydrogen-bond donors (Lipinski definition) is 1. The van der Waals surface area contributed by atoms with E-state index in [4.69, 9.17) is 4.74 Å². The van der Waals surface area contributed by atoms with E-state index in [0.29, 0.717) is 12.2 Å². The molecule has 1 N–H and O–H groups in total. The second kappa shape index (κ2) is 6.57. The first kappa shape index (κ1) is 17.0. The van der Waals surface area contributed by atoms with Gasteiger partial charge in [-0.3, -0.25) is 0 Å². The summed E-state index contributed by atoms with van der Waals surface area (Å²) in [5, 5.41) is 3.48. The van der Waals surface area contributed by atoms with Gasteiger partial charge in [0.1, 0.15) is 0 Å². The summed E-state index contributed by atoms with van der Waals surface area (Å²) in [4.78, 5) is 0. The molecule has 1 aromatic carbocycles. The molecule has 0 bridgehead atoms. The van der Waals surface area contributed by atoms with Crippen molar-refractivity contribution in [2.75, 3.05) is 13.7 Å². The van der Waals surface area contributed by atoms with Gasteiger partial charge in [0.05, 0.1) is 7.11 Å². The molecule has 114 valence electrons. The van der Waals surface area contributed by atoms with Crippen molar-refractivity contribution in [3.8, 4) is 5.75 Å². The minimum Gasteiger partial charge on any atom is -0.494 e. The topological polar surface area (TPSA) is 21.3 Å². The Morgan fingerprint density at radius 2 is 1.80 bits per heavy atom. The van der Waals surface area contributed by atoms with Gasteiger partial charge >= 0.3 is 0 Å². The molecule has 0 saturated carbocycles. The van der Waals surface area contributed by atoms with Crippen LogP contribution in [-0.4, -0.2) is 19.2 Å². The van der Waals surface area contributed by atoms with Gasteiger partial charge in [-0.15, -0.1) is 0 Å². The molecule has 0 aliphatic carbocycles. The predicted molar refractivity (Wildman–Crippen MR) is 82.8 cm³/mol. The van der Waals surface area contributed by atoms with Crippen molar-refractivity contribution < 1.29 is 9.13 Å². The summed E-state index contributed by atoms with van der Waals surface area (Å²) < 4.78 is 19.2. The van der Waals surface area contributed by atoms with Crippen molar-refractivity contribution in [1.29, 1.82) is 0 Å². The molecule has 0 radical (unpaired) electrons. The third-order valence-electron chi connectivity index (χ3n) is 3.39. The van der Waals surface area contributed by atoms with Crippen molar-refractivity contribution >= 4 is 0 Å². The highest BCUT2D eigenvalue weighted by Gasteiger charge is 2.22. The van der Waals surface area contributed by atoms with E-state index in [9.17, 15) is 4.39 Å². The maximum Gasteiger partial charge on any atom is 0.168 e. The molecule has 1 aromatic rings. The quantitative estimate of drug-likeness (QED) is 0.844. The summed E-state index contributed by atoms with van der Waals surface area (Å²) in [5.74, 6) is 0.0953. The minimum atomic E-state index is -0.230. The Hall–Kier alpha value is -1.09. The summed E-state index contributed by atoms with van der Waals surface area (Å²) >= 11 is 0. The number of halogens is 1. The normalized spacial score (nSPS) is 12.6. The molecule has 0 atom stereocenters. The first-order valence-electron chi connectivity index (χ1n) is 7.21. The van der Waals surface area contributed by atoms with Gasteiger partial charge in [-0.25, -0.2) is 4.39 Å². The van der Waals surface area contributed by atoms with Crippen LogP contribution in [0, 0.1) is 11.2 Å². The minimum absolute atomic E-state index is 0.0471. The van der Waals surface area contributed by atoms with E-state index in [1.165, 1.54) is 7.11 Å². The third kappa shape index (κ3) is 5.49. The molecule has 0 aromatic heterocycles. The van der Waals surface area contributed by atoms with Crippen LogP contribution in [0.1, 0.15) is 46.6 Å². The summed E-state index contributed by atoms with van der Waals surface area (Å²) in [5.41, 5.74) is 0.896. The standard InChI is InChI=1S/C17H28FNO/c1-16(2,3)19-11-10-17(4,5)12-13-8-7-9-14(20-6)15(13)18/h7-9,19H,10-12H2,1-6H3. The lowest BCUT2D eigenvalue weighted by Crippen LogP contribution is -2.38. The Morgan fingerprint density at radius 1 is 1.15 bits per heavy atom. The highest BCUT2D eigenvalue weighted by molar-refractivity contribution is 5.31.